The highest BCUT2D eigenvalue weighted by Crippen LogP contribution is 2.35. The van der Waals surface area contributed by atoms with Gasteiger partial charge in [-0.25, -0.2) is 0 Å². The molecular formula is C14H22ClNS. The van der Waals surface area contributed by atoms with Gasteiger partial charge in [0.2, 0.25) is 0 Å². The minimum absolute atomic E-state index is 0.769. The fourth-order valence-electron chi connectivity index (χ4n) is 2.32. The molecule has 0 radical (unpaired) electrons. The first kappa shape index (κ1) is 13.4. The van der Waals surface area contributed by atoms with Crippen molar-refractivity contribution in [2.45, 2.75) is 51.5 Å². The number of aryl methyl sites for hydroxylation is 1. The Balaban J connectivity index is 1.68. The van der Waals surface area contributed by atoms with Crippen LogP contribution in [0, 0.1) is 5.92 Å². The Morgan fingerprint density at radius 2 is 2.29 bits per heavy atom. The van der Waals surface area contributed by atoms with Crippen LogP contribution in [-0.2, 0) is 6.42 Å². The number of halogens is 1. The van der Waals surface area contributed by atoms with Gasteiger partial charge in [-0.3, -0.25) is 0 Å². The molecule has 0 aromatic carbocycles. The van der Waals surface area contributed by atoms with Crippen molar-refractivity contribution >= 4 is 22.9 Å². The van der Waals surface area contributed by atoms with Gasteiger partial charge in [0.25, 0.3) is 0 Å². The molecule has 3 heteroatoms. The Morgan fingerprint density at radius 3 is 2.88 bits per heavy atom. The highest BCUT2D eigenvalue weighted by Gasteiger charge is 2.29. The van der Waals surface area contributed by atoms with Gasteiger partial charge >= 0.3 is 0 Å². The van der Waals surface area contributed by atoms with Gasteiger partial charge in [0.1, 0.15) is 0 Å². The van der Waals surface area contributed by atoms with Gasteiger partial charge in [-0.1, -0.05) is 18.5 Å². The smallest absolute Gasteiger partial charge is 0.0931 e. The maximum Gasteiger partial charge on any atom is 0.0931 e. The summed E-state index contributed by atoms with van der Waals surface area (Å²) in [6.07, 6.45) is 7.91. The fraction of sp³-hybridized carbons (Fsp3) is 0.714. The van der Waals surface area contributed by atoms with E-state index in [1.54, 1.807) is 11.3 Å². The largest absolute Gasteiger partial charge is 0.314 e. The van der Waals surface area contributed by atoms with Crippen LogP contribution in [0.15, 0.2) is 12.1 Å². The molecule has 1 aromatic rings. The van der Waals surface area contributed by atoms with E-state index in [1.165, 1.54) is 49.9 Å². The number of thiophene rings is 1. The summed E-state index contributed by atoms with van der Waals surface area (Å²) >= 11 is 7.66. The van der Waals surface area contributed by atoms with Crippen LogP contribution < -0.4 is 5.32 Å². The van der Waals surface area contributed by atoms with Crippen LogP contribution in [0.4, 0.5) is 0 Å². The third-order valence-electron chi connectivity index (χ3n) is 3.41. The van der Waals surface area contributed by atoms with Crippen molar-refractivity contribution in [2.24, 2.45) is 5.92 Å². The Hall–Kier alpha value is -0.0500. The highest BCUT2D eigenvalue weighted by molar-refractivity contribution is 7.16. The molecule has 0 spiro atoms. The van der Waals surface area contributed by atoms with E-state index in [0.29, 0.717) is 0 Å². The Bertz CT molecular complexity index is 333. The zero-order valence-corrected chi connectivity index (χ0v) is 12.1. The van der Waals surface area contributed by atoms with Crippen molar-refractivity contribution in [3.63, 3.8) is 0 Å². The van der Waals surface area contributed by atoms with Gasteiger partial charge in [0.05, 0.1) is 4.34 Å². The first-order chi connectivity index (χ1) is 8.29. The third kappa shape index (κ3) is 4.61. The second-order valence-corrected chi connectivity index (χ2v) is 6.80. The zero-order chi connectivity index (χ0) is 12.1. The van der Waals surface area contributed by atoms with Crippen molar-refractivity contribution < 1.29 is 0 Å². The molecule has 0 amide bonds. The molecule has 2 rings (SSSR count). The summed E-state index contributed by atoms with van der Waals surface area (Å²) in [5, 5.41) is 3.70. The highest BCUT2D eigenvalue weighted by atomic mass is 35.5. The molecule has 0 bridgehead atoms. The standard InChI is InChI=1S/C14H22ClNS/c1-2-10-16-13(11-6-7-11)5-3-4-12-8-9-14(15)17-12/h8-9,11,13,16H,2-7,10H2,1H3. The van der Waals surface area contributed by atoms with Gasteiger partial charge in [-0.15, -0.1) is 11.3 Å². The van der Waals surface area contributed by atoms with Crippen molar-refractivity contribution in [3.8, 4) is 0 Å². The van der Waals surface area contributed by atoms with Gasteiger partial charge < -0.3 is 5.32 Å². The van der Waals surface area contributed by atoms with Crippen LogP contribution in [0.1, 0.15) is 43.9 Å². The van der Waals surface area contributed by atoms with E-state index in [9.17, 15) is 0 Å². The number of nitrogens with one attached hydrogen (secondary N) is 1. The molecule has 1 atom stereocenters. The van der Waals surface area contributed by atoms with Crippen LogP contribution in [0.2, 0.25) is 4.34 Å². The van der Waals surface area contributed by atoms with E-state index in [-0.39, 0.29) is 0 Å². The number of hydrogen-bond acceptors (Lipinski definition) is 2. The van der Waals surface area contributed by atoms with Gasteiger partial charge in [-0.05, 0) is 63.1 Å². The van der Waals surface area contributed by atoms with Crippen molar-refractivity contribution in [2.75, 3.05) is 6.54 Å². The van der Waals surface area contributed by atoms with Crippen molar-refractivity contribution in [3.05, 3.63) is 21.3 Å². The topological polar surface area (TPSA) is 12.0 Å². The lowest BCUT2D eigenvalue weighted by molar-refractivity contribution is 0.425. The summed E-state index contributed by atoms with van der Waals surface area (Å²) in [5.41, 5.74) is 0. The van der Waals surface area contributed by atoms with E-state index < -0.39 is 0 Å². The van der Waals surface area contributed by atoms with Crippen LogP contribution in [-0.4, -0.2) is 12.6 Å². The summed E-state index contributed by atoms with van der Waals surface area (Å²) in [6, 6.07) is 4.94. The molecule has 17 heavy (non-hydrogen) atoms. The lowest BCUT2D eigenvalue weighted by Gasteiger charge is -2.17. The van der Waals surface area contributed by atoms with E-state index in [4.69, 9.17) is 11.6 Å². The van der Waals surface area contributed by atoms with Gasteiger partial charge in [-0.2, -0.15) is 0 Å². The Kier molecular flexibility index (Phi) is 5.33. The second kappa shape index (κ2) is 6.77. The summed E-state index contributed by atoms with van der Waals surface area (Å²) < 4.78 is 0.919. The predicted molar refractivity (Wildman–Crippen MR) is 77.1 cm³/mol. The average molecular weight is 272 g/mol. The quantitative estimate of drug-likeness (QED) is 0.734. The minimum atomic E-state index is 0.769. The maximum atomic E-state index is 5.94. The zero-order valence-electron chi connectivity index (χ0n) is 10.5. The van der Waals surface area contributed by atoms with Crippen molar-refractivity contribution in [1.29, 1.82) is 0 Å². The molecule has 1 unspecified atom stereocenters. The molecule has 0 saturated heterocycles. The molecule has 0 aliphatic heterocycles. The summed E-state index contributed by atoms with van der Waals surface area (Å²) in [5.74, 6) is 0.966. The first-order valence-corrected chi connectivity index (χ1v) is 7.96. The van der Waals surface area contributed by atoms with E-state index in [0.717, 1.165) is 16.3 Å². The van der Waals surface area contributed by atoms with Crippen LogP contribution >= 0.6 is 22.9 Å². The first-order valence-electron chi connectivity index (χ1n) is 6.77. The SMILES string of the molecule is CCCNC(CCCc1ccc(Cl)s1)C1CC1. The van der Waals surface area contributed by atoms with E-state index in [1.807, 2.05) is 6.07 Å². The molecule has 96 valence electrons. The Morgan fingerprint density at radius 1 is 1.47 bits per heavy atom. The molecule has 1 fully saturated rings. The number of rotatable bonds is 8. The molecule has 1 nitrogen and oxygen atoms in total. The monoisotopic (exact) mass is 271 g/mol. The molecule has 1 aliphatic rings. The predicted octanol–water partition coefficient (Wildman–Crippen LogP) is 4.50. The Labute approximate surface area is 114 Å². The normalized spacial score (nSPS) is 17.3. The molecule has 1 saturated carbocycles. The van der Waals surface area contributed by atoms with E-state index in [2.05, 4.69) is 18.3 Å². The van der Waals surface area contributed by atoms with Crippen molar-refractivity contribution in [1.82, 2.24) is 5.32 Å². The summed E-state index contributed by atoms with van der Waals surface area (Å²) in [6.45, 7) is 3.41. The molecule has 1 aromatic heterocycles. The average Bonchev–Trinajstić information content (AvgIpc) is 3.08. The van der Waals surface area contributed by atoms with Gasteiger partial charge in [0, 0.05) is 10.9 Å². The third-order valence-corrected chi connectivity index (χ3v) is 4.71. The molecule has 1 heterocycles. The maximum absolute atomic E-state index is 5.94. The van der Waals surface area contributed by atoms with Crippen LogP contribution in [0.5, 0.6) is 0 Å². The number of hydrogen-bond donors (Lipinski definition) is 1. The lowest BCUT2D eigenvalue weighted by Crippen LogP contribution is -2.31. The van der Waals surface area contributed by atoms with Crippen LogP contribution in [0.3, 0.4) is 0 Å². The summed E-state index contributed by atoms with van der Waals surface area (Å²) in [7, 11) is 0. The minimum Gasteiger partial charge on any atom is -0.314 e. The second-order valence-electron chi connectivity index (χ2n) is 5.00. The molecule has 1 N–H and O–H groups in total. The van der Waals surface area contributed by atoms with E-state index >= 15 is 0 Å². The molecule has 1 aliphatic carbocycles. The van der Waals surface area contributed by atoms with Crippen LogP contribution in [0.25, 0.3) is 0 Å². The van der Waals surface area contributed by atoms with Gasteiger partial charge in [0.15, 0.2) is 0 Å². The lowest BCUT2D eigenvalue weighted by atomic mass is 10.0. The molecular weight excluding hydrogens is 250 g/mol. The summed E-state index contributed by atoms with van der Waals surface area (Å²) in [4.78, 5) is 1.43. The fourth-order valence-corrected chi connectivity index (χ4v) is 3.44.